The van der Waals surface area contributed by atoms with Crippen molar-refractivity contribution >= 4 is 5.78 Å². The van der Waals surface area contributed by atoms with Gasteiger partial charge in [0.25, 0.3) is 0 Å². The maximum atomic E-state index is 12.3. The highest BCUT2D eigenvalue weighted by atomic mass is 16.7. The molecule has 0 saturated heterocycles. The minimum atomic E-state index is -0.333. The smallest absolute Gasteiger partial charge is 0.193 e. The van der Waals surface area contributed by atoms with Crippen molar-refractivity contribution in [3.8, 4) is 17.2 Å². The fraction of sp³-hybridized carbons (Fsp3) is 0.235. The van der Waals surface area contributed by atoms with E-state index >= 15 is 0 Å². The van der Waals surface area contributed by atoms with Gasteiger partial charge in [-0.2, -0.15) is 0 Å². The first kappa shape index (κ1) is 15.9. The molecule has 1 aromatic rings. The maximum absolute atomic E-state index is 12.3. The second-order valence-electron chi connectivity index (χ2n) is 4.64. The SMILES string of the molecule is COCOc1cc(O)c(C(=O)/C=C/C2=CC=CC2)c(OC)c1. The van der Waals surface area contributed by atoms with E-state index in [1.54, 1.807) is 6.08 Å². The van der Waals surface area contributed by atoms with Crippen LogP contribution in [0.3, 0.4) is 0 Å². The van der Waals surface area contributed by atoms with Crippen molar-refractivity contribution in [1.82, 2.24) is 0 Å². The van der Waals surface area contributed by atoms with Crippen molar-refractivity contribution in [2.24, 2.45) is 0 Å². The first-order valence-corrected chi connectivity index (χ1v) is 6.76. The molecule has 1 aliphatic rings. The minimum absolute atomic E-state index is 0.0386. The highest BCUT2D eigenvalue weighted by molar-refractivity contribution is 6.09. The van der Waals surface area contributed by atoms with Crippen LogP contribution in [0.5, 0.6) is 17.2 Å². The van der Waals surface area contributed by atoms with Crippen molar-refractivity contribution in [2.45, 2.75) is 6.42 Å². The minimum Gasteiger partial charge on any atom is -0.507 e. The third kappa shape index (κ3) is 3.77. The predicted molar refractivity (Wildman–Crippen MR) is 82.5 cm³/mol. The lowest BCUT2D eigenvalue weighted by atomic mass is 10.1. The molecule has 0 saturated carbocycles. The molecule has 0 atom stereocenters. The fourth-order valence-electron chi connectivity index (χ4n) is 2.05. The Labute approximate surface area is 129 Å². The summed E-state index contributed by atoms with van der Waals surface area (Å²) >= 11 is 0. The Morgan fingerprint density at radius 2 is 2.18 bits per heavy atom. The van der Waals surface area contributed by atoms with Gasteiger partial charge in [-0.25, -0.2) is 0 Å². The van der Waals surface area contributed by atoms with Crippen molar-refractivity contribution in [3.63, 3.8) is 0 Å². The summed E-state index contributed by atoms with van der Waals surface area (Å²) < 4.78 is 15.2. The number of phenols is 1. The van der Waals surface area contributed by atoms with E-state index in [2.05, 4.69) is 0 Å². The number of allylic oxidation sites excluding steroid dienone is 6. The Morgan fingerprint density at radius 3 is 2.82 bits per heavy atom. The van der Waals surface area contributed by atoms with Crippen LogP contribution in [0.4, 0.5) is 0 Å². The van der Waals surface area contributed by atoms with Crippen LogP contribution < -0.4 is 9.47 Å². The van der Waals surface area contributed by atoms with E-state index in [4.69, 9.17) is 14.2 Å². The first-order valence-electron chi connectivity index (χ1n) is 6.76. The van der Waals surface area contributed by atoms with Crippen molar-refractivity contribution in [2.75, 3.05) is 21.0 Å². The number of hydrogen-bond donors (Lipinski definition) is 1. The molecule has 1 aliphatic carbocycles. The standard InChI is InChI=1S/C17H18O5/c1-20-11-22-13-9-15(19)17(16(10-13)21-2)14(18)8-7-12-5-3-4-6-12/h3-5,7-10,19H,6,11H2,1-2H3/b8-7+. The molecule has 0 aliphatic heterocycles. The van der Waals surface area contributed by atoms with Gasteiger partial charge in [-0.1, -0.05) is 24.3 Å². The van der Waals surface area contributed by atoms with Gasteiger partial charge in [-0.3, -0.25) is 4.79 Å². The molecule has 0 bridgehead atoms. The van der Waals surface area contributed by atoms with Gasteiger partial charge in [-0.05, 0) is 18.1 Å². The van der Waals surface area contributed by atoms with Crippen molar-refractivity contribution in [1.29, 1.82) is 0 Å². The van der Waals surface area contributed by atoms with Crippen LogP contribution in [-0.4, -0.2) is 31.9 Å². The van der Waals surface area contributed by atoms with Gasteiger partial charge in [0.2, 0.25) is 0 Å². The van der Waals surface area contributed by atoms with Gasteiger partial charge in [0.05, 0.1) is 7.11 Å². The number of aromatic hydroxyl groups is 1. The van der Waals surface area contributed by atoms with Gasteiger partial charge in [0.15, 0.2) is 12.6 Å². The molecular weight excluding hydrogens is 284 g/mol. The van der Waals surface area contributed by atoms with Crippen LogP contribution in [0.25, 0.3) is 0 Å². The zero-order valence-corrected chi connectivity index (χ0v) is 12.5. The van der Waals surface area contributed by atoms with E-state index in [0.717, 1.165) is 12.0 Å². The maximum Gasteiger partial charge on any atom is 0.193 e. The monoisotopic (exact) mass is 302 g/mol. The summed E-state index contributed by atoms with van der Waals surface area (Å²) in [6.45, 7) is 0.0386. The van der Waals surface area contributed by atoms with E-state index in [1.807, 2.05) is 18.2 Å². The van der Waals surface area contributed by atoms with Crippen LogP contribution in [0.15, 0.2) is 48.1 Å². The molecule has 0 spiro atoms. The molecule has 2 rings (SSSR count). The van der Waals surface area contributed by atoms with Crippen molar-refractivity contribution in [3.05, 3.63) is 53.6 Å². The molecule has 116 valence electrons. The Morgan fingerprint density at radius 1 is 1.36 bits per heavy atom. The zero-order chi connectivity index (χ0) is 15.9. The van der Waals surface area contributed by atoms with E-state index in [1.165, 1.54) is 32.4 Å². The second kappa shape index (κ2) is 7.47. The van der Waals surface area contributed by atoms with E-state index < -0.39 is 0 Å². The number of methoxy groups -OCH3 is 2. The van der Waals surface area contributed by atoms with Crippen LogP contribution in [0.1, 0.15) is 16.8 Å². The number of carbonyl (C=O) groups excluding carboxylic acids is 1. The van der Waals surface area contributed by atoms with E-state index in [-0.39, 0.29) is 29.6 Å². The Balaban J connectivity index is 2.23. The quantitative estimate of drug-likeness (QED) is 0.476. The number of benzene rings is 1. The molecular formula is C17H18O5. The normalized spacial score (nSPS) is 13.5. The average molecular weight is 302 g/mol. The Kier molecular flexibility index (Phi) is 5.38. The topological polar surface area (TPSA) is 65.0 Å². The Bertz CT molecular complexity index is 641. The number of ketones is 1. The van der Waals surface area contributed by atoms with Gasteiger partial charge < -0.3 is 19.3 Å². The van der Waals surface area contributed by atoms with Crippen molar-refractivity contribution < 1.29 is 24.1 Å². The first-order chi connectivity index (χ1) is 10.7. The predicted octanol–water partition coefficient (Wildman–Crippen LogP) is 3.01. The molecule has 0 aromatic heterocycles. The molecule has 1 aromatic carbocycles. The molecule has 0 radical (unpaired) electrons. The van der Waals surface area contributed by atoms with Crippen LogP contribution >= 0.6 is 0 Å². The van der Waals surface area contributed by atoms with E-state index in [9.17, 15) is 9.90 Å². The van der Waals surface area contributed by atoms with Crippen LogP contribution in [-0.2, 0) is 4.74 Å². The Hall–Kier alpha value is -2.53. The molecule has 0 heterocycles. The lowest BCUT2D eigenvalue weighted by molar-refractivity contribution is 0.0508. The molecule has 5 nitrogen and oxygen atoms in total. The number of rotatable bonds is 7. The molecule has 0 unspecified atom stereocenters. The highest BCUT2D eigenvalue weighted by Gasteiger charge is 2.17. The average Bonchev–Trinajstić information content (AvgIpc) is 3.03. The number of hydrogen-bond acceptors (Lipinski definition) is 5. The number of phenolic OH excluding ortho intramolecular Hbond substituents is 1. The van der Waals surface area contributed by atoms with Gasteiger partial charge in [-0.15, -0.1) is 0 Å². The van der Waals surface area contributed by atoms with Gasteiger partial charge in [0, 0.05) is 19.2 Å². The molecule has 0 amide bonds. The molecule has 0 fully saturated rings. The zero-order valence-electron chi connectivity index (χ0n) is 12.5. The number of ether oxygens (including phenoxy) is 3. The summed E-state index contributed by atoms with van der Waals surface area (Å²) in [6, 6.07) is 2.90. The molecule has 5 heteroatoms. The summed E-state index contributed by atoms with van der Waals surface area (Å²) in [4.78, 5) is 12.3. The third-order valence-corrected chi connectivity index (χ3v) is 3.11. The van der Waals surface area contributed by atoms with Gasteiger partial charge >= 0.3 is 0 Å². The highest BCUT2D eigenvalue weighted by Crippen LogP contribution is 2.34. The van der Waals surface area contributed by atoms with E-state index in [0.29, 0.717) is 5.75 Å². The summed E-state index contributed by atoms with van der Waals surface area (Å²) in [5.74, 6) is 0.0813. The number of carbonyl (C=O) groups is 1. The third-order valence-electron chi connectivity index (χ3n) is 3.11. The summed E-state index contributed by atoms with van der Waals surface area (Å²) in [5.41, 5.74) is 1.14. The van der Waals surface area contributed by atoms with Gasteiger partial charge in [0.1, 0.15) is 22.8 Å². The lowest BCUT2D eigenvalue weighted by Gasteiger charge is -2.11. The second-order valence-corrected chi connectivity index (χ2v) is 4.64. The van der Waals surface area contributed by atoms with Crippen LogP contribution in [0.2, 0.25) is 0 Å². The summed E-state index contributed by atoms with van der Waals surface area (Å²) in [6.07, 6.45) is 9.83. The molecule has 22 heavy (non-hydrogen) atoms. The fourth-order valence-corrected chi connectivity index (χ4v) is 2.05. The lowest BCUT2D eigenvalue weighted by Crippen LogP contribution is -2.03. The molecule has 1 N–H and O–H groups in total. The van der Waals surface area contributed by atoms with Crippen LogP contribution in [0, 0.1) is 0 Å². The summed E-state index contributed by atoms with van der Waals surface area (Å²) in [5, 5.41) is 10.1. The largest absolute Gasteiger partial charge is 0.507 e. The summed E-state index contributed by atoms with van der Waals surface area (Å²) in [7, 11) is 2.92.